The number of hydrogen-bond donors (Lipinski definition) is 2. The SMILES string of the molecule is CC(O)C(=O)O.CCC(C)=O. The molecule has 0 spiro atoms. The molecule has 0 aromatic rings. The fraction of sp³-hybridized carbons (Fsp3) is 0.714. The van der Waals surface area contributed by atoms with Crippen LogP contribution in [0.3, 0.4) is 0 Å². The molecular formula is C7H14O4. The van der Waals surface area contributed by atoms with Gasteiger partial charge in [0, 0.05) is 6.42 Å². The van der Waals surface area contributed by atoms with Gasteiger partial charge in [-0.25, -0.2) is 4.79 Å². The maximum absolute atomic E-state index is 9.81. The second-order valence-electron chi connectivity index (χ2n) is 2.07. The molecule has 0 saturated carbocycles. The Morgan fingerprint density at radius 1 is 1.45 bits per heavy atom. The monoisotopic (exact) mass is 162 g/mol. The van der Waals surface area contributed by atoms with Crippen molar-refractivity contribution >= 4 is 11.8 Å². The Balaban J connectivity index is 0. The first-order chi connectivity index (χ1) is 4.91. The maximum atomic E-state index is 9.81. The molecule has 0 heterocycles. The highest BCUT2D eigenvalue weighted by Crippen LogP contribution is 1.73. The number of carbonyl (C=O) groups excluding carboxylic acids is 1. The van der Waals surface area contributed by atoms with E-state index in [1.807, 2.05) is 6.92 Å². The molecule has 11 heavy (non-hydrogen) atoms. The highest BCUT2D eigenvalue weighted by molar-refractivity contribution is 5.74. The Kier molecular flexibility index (Phi) is 8.36. The van der Waals surface area contributed by atoms with Crippen molar-refractivity contribution in [3.05, 3.63) is 0 Å². The summed E-state index contributed by atoms with van der Waals surface area (Å²) in [6.07, 6.45) is -0.565. The van der Waals surface area contributed by atoms with Crippen molar-refractivity contribution < 1.29 is 19.8 Å². The first kappa shape index (κ1) is 12.7. The maximum Gasteiger partial charge on any atom is 0.332 e. The van der Waals surface area contributed by atoms with E-state index in [0.29, 0.717) is 6.42 Å². The molecule has 0 rings (SSSR count). The number of aliphatic carboxylic acids is 1. The summed E-state index contributed by atoms with van der Waals surface area (Å²) >= 11 is 0. The standard InChI is InChI=1S/C4H8O.C3H6O3/c1-3-4(2)5;1-2(4)3(5)6/h3H2,1-2H3;2,4H,1H3,(H,5,6). The molecule has 0 aliphatic rings. The van der Waals surface area contributed by atoms with Crippen molar-refractivity contribution in [2.75, 3.05) is 0 Å². The van der Waals surface area contributed by atoms with E-state index in [2.05, 4.69) is 0 Å². The van der Waals surface area contributed by atoms with Gasteiger partial charge in [0.1, 0.15) is 11.9 Å². The summed E-state index contributed by atoms with van der Waals surface area (Å²) in [6, 6.07) is 0. The molecule has 0 bridgehead atoms. The fourth-order valence-corrected chi connectivity index (χ4v) is 0. The molecule has 0 radical (unpaired) electrons. The van der Waals surface area contributed by atoms with E-state index in [9.17, 15) is 9.59 Å². The predicted octanol–water partition coefficient (Wildman–Crippen LogP) is 0.437. The van der Waals surface area contributed by atoms with Gasteiger partial charge in [-0.15, -0.1) is 0 Å². The Bertz CT molecular complexity index is 128. The van der Waals surface area contributed by atoms with Crippen LogP contribution in [-0.4, -0.2) is 28.1 Å². The Morgan fingerprint density at radius 3 is 1.64 bits per heavy atom. The summed E-state index contributed by atoms with van der Waals surface area (Å²) in [6.45, 7) is 4.63. The number of aliphatic hydroxyl groups is 1. The highest BCUT2D eigenvalue weighted by atomic mass is 16.4. The van der Waals surface area contributed by atoms with Crippen LogP contribution in [0.5, 0.6) is 0 Å². The summed E-state index contributed by atoms with van der Waals surface area (Å²) in [5, 5.41) is 15.8. The molecule has 1 unspecified atom stereocenters. The lowest BCUT2D eigenvalue weighted by Crippen LogP contribution is -2.13. The Labute approximate surface area is 65.8 Å². The second kappa shape index (κ2) is 7.21. The van der Waals surface area contributed by atoms with Crippen LogP contribution in [0.25, 0.3) is 0 Å². The van der Waals surface area contributed by atoms with Gasteiger partial charge in [0.05, 0.1) is 0 Å². The number of ketones is 1. The van der Waals surface area contributed by atoms with Gasteiger partial charge in [-0.2, -0.15) is 0 Å². The lowest BCUT2D eigenvalue weighted by atomic mass is 10.4. The molecule has 0 fully saturated rings. The first-order valence-corrected chi connectivity index (χ1v) is 3.32. The van der Waals surface area contributed by atoms with Crippen LogP contribution in [0.2, 0.25) is 0 Å². The average Bonchev–Trinajstić information content (AvgIpc) is 1.89. The van der Waals surface area contributed by atoms with E-state index in [0.717, 1.165) is 0 Å². The van der Waals surface area contributed by atoms with Crippen molar-refractivity contribution in [3.63, 3.8) is 0 Å². The van der Waals surface area contributed by atoms with E-state index >= 15 is 0 Å². The van der Waals surface area contributed by atoms with Crippen LogP contribution in [-0.2, 0) is 9.59 Å². The van der Waals surface area contributed by atoms with E-state index in [1.165, 1.54) is 6.92 Å². The lowest BCUT2D eigenvalue weighted by Gasteiger charge is -1.89. The van der Waals surface area contributed by atoms with Crippen molar-refractivity contribution in [2.45, 2.75) is 33.3 Å². The Morgan fingerprint density at radius 2 is 1.64 bits per heavy atom. The molecule has 2 N–H and O–H groups in total. The molecular weight excluding hydrogens is 148 g/mol. The molecule has 4 heteroatoms. The summed E-state index contributed by atoms with van der Waals surface area (Å²) < 4.78 is 0. The van der Waals surface area contributed by atoms with Gasteiger partial charge in [0.15, 0.2) is 0 Å². The van der Waals surface area contributed by atoms with Crippen molar-refractivity contribution in [2.24, 2.45) is 0 Å². The highest BCUT2D eigenvalue weighted by Gasteiger charge is 2.01. The van der Waals surface area contributed by atoms with E-state index in [4.69, 9.17) is 10.2 Å². The topological polar surface area (TPSA) is 74.6 Å². The van der Waals surface area contributed by atoms with Crippen LogP contribution in [0.1, 0.15) is 27.2 Å². The molecule has 4 nitrogen and oxygen atoms in total. The van der Waals surface area contributed by atoms with Gasteiger partial charge in [-0.1, -0.05) is 6.92 Å². The third-order valence-electron chi connectivity index (χ3n) is 0.855. The van der Waals surface area contributed by atoms with Gasteiger partial charge < -0.3 is 15.0 Å². The van der Waals surface area contributed by atoms with Gasteiger partial charge in [-0.3, -0.25) is 0 Å². The van der Waals surface area contributed by atoms with Crippen LogP contribution in [0.15, 0.2) is 0 Å². The molecule has 66 valence electrons. The second-order valence-corrected chi connectivity index (χ2v) is 2.07. The third kappa shape index (κ3) is 17.6. The number of Topliss-reactive ketones (excluding diaryl/α,β-unsaturated/α-hetero) is 1. The third-order valence-corrected chi connectivity index (χ3v) is 0.855. The number of aliphatic hydroxyl groups excluding tert-OH is 1. The van der Waals surface area contributed by atoms with E-state index in [-0.39, 0.29) is 5.78 Å². The fourth-order valence-electron chi connectivity index (χ4n) is 0. The summed E-state index contributed by atoms with van der Waals surface area (Å²) in [4.78, 5) is 19.3. The largest absolute Gasteiger partial charge is 0.479 e. The number of carboxylic acids is 1. The minimum atomic E-state index is -1.23. The van der Waals surface area contributed by atoms with Crippen LogP contribution >= 0.6 is 0 Å². The van der Waals surface area contributed by atoms with Gasteiger partial charge in [0.25, 0.3) is 0 Å². The molecule has 0 aliphatic carbocycles. The number of rotatable bonds is 2. The summed E-state index contributed by atoms with van der Waals surface area (Å²) in [5.41, 5.74) is 0. The zero-order valence-corrected chi connectivity index (χ0v) is 7.00. The van der Waals surface area contributed by atoms with E-state index in [1.54, 1.807) is 6.92 Å². The number of carboxylic acid groups (broad SMARTS) is 1. The summed E-state index contributed by atoms with van der Waals surface area (Å²) in [7, 11) is 0. The molecule has 0 saturated heterocycles. The van der Waals surface area contributed by atoms with Crippen molar-refractivity contribution in [3.8, 4) is 0 Å². The lowest BCUT2D eigenvalue weighted by molar-refractivity contribution is -0.145. The average molecular weight is 162 g/mol. The molecule has 1 atom stereocenters. The normalized spacial score (nSPS) is 10.9. The van der Waals surface area contributed by atoms with Gasteiger partial charge >= 0.3 is 5.97 Å². The summed E-state index contributed by atoms with van der Waals surface area (Å²) in [5.74, 6) is -0.931. The van der Waals surface area contributed by atoms with Crippen molar-refractivity contribution in [1.82, 2.24) is 0 Å². The van der Waals surface area contributed by atoms with Crippen LogP contribution in [0, 0.1) is 0 Å². The first-order valence-electron chi connectivity index (χ1n) is 3.32. The zero-order valence-electron chi connectivity index (χ0n) is 7.00. The number of carbonyl (C=O) groups is 2. The minimum absolute atomic E-state index is 0.255. The molecule has 0 amide bonds. The minimum Gasteiger partial charge on any atom is -0.479 e. The van der Waals surface area contributed by atoms with Gasteiger partial charge in [-0.05, 0) is 13.8 Å². The van der Waals surface area contributed by atoms with Crippen LogP contribution in [0.4, 0.5) is 0 Å². The Hall–Kier alpha value is -0.900. The van der Waals surface area contributed by atoms with E-state index < -0.39 is 12.1 Å². The zero-order chi connectivity index (χ0) is 9.44. The quantitative estimate of drug-likeness (QED) is 0.617. The predicted molar refractivity (Wildman–Crippen MR) is 40.3 cm³/mol. The number of hydrogen-bond acceptors (Lipinski definition) is 3. The molecule has 0 aromatic heterocycles. The molecule has 0 aromatic carbocycles. The molecule has 0 aliphatic heterocycles. The van der Waals surface area contributed by atoms with Crippen LogP contribution < -0.4 is 0 Å². The van der Waals surface area contributed by atoms with Crippen molar-refractivity contribution in [1.29, 1.82) is 0 Å². The van der Waals surface area contributed by atoms with Gasteiger partial charge in [0.2, 0.25) is 0 Å². The smallest absolute Gasteiger partial charge is 0.332 e.